The van der Waals surface area contributed by atoms with Gasteiger partial charge in [0, 0.05) is 73.9 Å². The molecule has 2 fully saturated rings. The highest BCUT2D eigenvalue weighted by molar-refractivity contribution is 6.09. The monoisotopic (exact) mass is 776 g/mol. The second kappa shape index (κ2) is 15.2. The van der Waals surface area contributed by atoms with Crippen LogP contribution in [0.3, 0.4) is 0 Å². The summed E-state index contributed by atoms with van der Waals surface area (Å²) < 4.78 is 13.3. The SMILES string of the molecule is Cc1cc2c(N3CCCc4nc(-c5ccc(C(=O)NCC#Cc6cc7c(N8CCC(=O)NC8=O)cccc7o6)nc5)ncc43)cc(C3CCOCC3)cc2n(C)c1=O. The number of nitrogens with zero attached hydrogens (tertiary/aromatic N) is 6. The molecule has 0 atom stereocenters. The number of rotatable bonds is 6. The Labute approximate surface area is 333 Å². The Kier molecular flexibility index (Phi) is 9.66. The van der Waals surface area contributed by atoms with Crippen molar-refractivity contribution in [1.82, 2.24) is 30.2 Å². The van der Waals surface area contributed by atoms with E-state index in [4.69, 9.17) is 19.1 Å². The van der Waals surface area contributed by atoms with E-state index >= 15 is 0 Å². The number of fused-ring (bicyclic) bond motifs is 3. The van der Waals surface area contributed by atoms with Gasteiger partial charge in [-0.2, -0.15) is 0 Å². The number of carbonyl (C=O) groups is 3. The van der Waals surface area contributed by atoms with E-state index in [-0.39, 0.29) is 42.6 Å². The smallest absolute Gasteiger partial charge is 0.328 e. The highest BCUT2D eigenvalue weighted by Gasteiger charge is 2.28. The Morgan fingerprint density at radius 2 is 1.79 bits per heavy atom. The van der Waals surface area contributed by atoms with Crippen LogP contribution in [-0.4, -0.2) is 70.2 Å². The van der Waals surface area contributed by atoms with Gasteiger partial charge in [-0.25, -0.2) is 14.8 Å². The number of anilines is 3. The number of aromatic nitrogens is 4. The number of ether oxygens (including phenoxy) is 1. The molecular weight excluding hydrogens is 737 g/mol. The molecule has 6 aromatic rings. The number of aryl methyl sites for hydroxylation is 3. The number of pyridine rings is 2. The van der Waals surface area contributed by atoms with Crippen molar-refractivity contribution in [3.63, 3.8) is 0 Å². The maximum absolute atomic E-state index is 13.0. The second-order valence-corrected chi connectivity index (χ2v) is 14.8. The Morgan fingerprint density at radius 3 is 2.60 bits per heavy atom. The Balaban J connectivity index is 0.901. The van der Waals surface area contributed by atoms with Crippen LogP contribution in [0, 0.1) is 18.8 Å². The minimum absolute atomic E-state index is 0.00253. The van der Waals surface area contributed by atoms with E-state index in [2.05, 4.69) is 44.5 Å². The fourth-order valence-corrected chi connectivity index (χ4v) is 8.09. The lowest BCUT2D eigenvalue weighted by molar-refractivity contribution is -0.120. The fraction of sp³-hybridized carbons (Fsp3) is 0.295. The van der Waals surface area contributed by atoms with E-state index < -0.39 is 6.03 Å². The summed E-state index contributed by atoms with van der Waals surface area (Å²) in [7, 11) is 1.85. The van der Waals surface area contributed by atoms with Crippen molar-refractivity contribution in [2.24, 2.45) is 7.05 Å². The van der Waals surface area contributed by atoms with Gasteiger partial charge in [-0.15, -0.1) is 0 Å². The molecule has 0 aliphatic carbocycles. The molecule has 0 saturated carbocycles. The highest BCUT2D eigenvalue weighted by atomic mass is 16.5. The van der Waals surface area contributed by atoms with Gasteiger partial charge >= 0.3 is 6.03 Å². The van der Waals surface area contributed by atoms with Crippen molar-refractivity contribution in [2.75, 3.05) is 42.6 Å². The van der Waals surface area contributed by atoms with Crippen LogP contribution in [0.15, 0.2) is 76.2 Å². The predicted molar refractivity (Wildman–Crippen MR) is 218 cm³/mol. The molecule has 3 aliphatic rings. The minimum atomic E-state index is -0.479. The summed E-state index contributed by atoms with van der Waals surface area (Å²) in [5, 5.41) is 6.82. The van der Waals surface area contributed by atoms with Gasteiger partial charge in [0.25, 0.3) is 11.5 Å². The van der Waals surface area contributed by atoms with Gasteiger partial charge in [0.15, 0.2) is 11.6 Å². The molecule has 0 radical (unpaired) electrons. The molecule has 0 spiro atoms. The number of urea groups is 1. The van der Waals surface area contributed by atoms with Crippen molar-refractivity contribution in [3.05, 3.63) is 106 Å². The topological polar surface area (TPSA) is 165 Å². The van der Waals surface area contributed by atoms with Gasteiger partial charge in [-0.05, 0) is 92.5 Å². The molecule has 9 rings (SSSR count). The number of benzene rings is 2. The normalized spacial score (nSPS) is 15.9. The lowest BCUT2D eigenvalue weighted by Gasteiger charge is -2.33. The minimum Gasteiger partial charge on any atom is -0.448 e. The van der Waals surface area contributed by atoms with Crippen molar-refractivity contribution in [3.8, 4) is 23.2 Å². The Bertz CT molecular complexity index is 2760. The van der Waals surface area contributed by atoms with Crippen LogP contribution in [0.4, 0.5) is 21.9 Å². The third kappa shape index (κ3) is 6.94. The van der Waals surface area contributed by atoms with Gasteiger partial charge in [-0.3, -0.25) is 29.6 Å². The molecule has 14 heteroatoms. The quantitative estimate of drug-likeness (QED) is 0.202. The largest absolute Gasteiger partial charge is 0.448 e. The molecule has 2 aromatic carbocycles. The summed E-state index contributed by atoms with van der Waals surface area (Å²) in [5.74, 6) is 6.40. The van der Waals surface area contributed by atoms with Crippen molar-refractivity contribution in [2.45, 2.75) is 44.9 Å². The van der Waals surface area contributed by atoms with Crippen LogP contribution < -0.4 is 26.0 Å². The summed E-state index contributed by atoms with van der Waals surface area (Å²) in [6.45, 7) is 4.43. The van der Waals surface area contributed by atoms with Gasteiger partial charge < -0.3 is 23.9 Å². The Morgan fingerprint density at radius 1 is 0.931 bits per heavy atom. The van der Waals surface area contributed by atoms with Crippen molar-refractivity contribution >= 4 is 56.8 Å². The van der Waals surface area contributed by atoms with Gasteiger partial charge in [-0.1, -0.05) is 12.0 Å². The average molecular weight is 777 g/mol. The zero-order chi connectivity index (χ0) is 39.9. The summed E-state index contributed by atoms with van der Waals surface area (Å²) in [6.07, 6.45) is 7.25. The maximum Gasteiger partial charge on any atom is 0.328 e. The molecule has 292 valence electrons. The first kappa shape index (κ1) is 36.8. The van der Waals surface area contributed by atoms with E-state index in [9.17, 15) is 19.2 Å². The zero-order valence-electron chi connectivity index (χ0n) is 32.1. The molecule has 4 amide bonds. The molecule has 0 unspecified atom stereocenters. The van der Waals surface area contributed by atoms with Crippen LogP contribution in [0.2, 0.25) is 0 Å². The van der Waals surface area contributed by atoms with Crippen LogP contribution in [-0.2, 0) is 23.0 Å². The van der Waals surface area contributed by atoms with Gasteiger partial charge in [0.2, 0.25) is 5.91 Å². The first-order chi connectivity index (χ1) is 28.2. The third-order valence-corrected chi connectivity index (χ3v) is 11.1. The van der Waals surface area contributed by atoms with E-state index in [1.54, 1.807) is 47.2 Å². The van der Waals surface area contributed by atoms with Crippen LogP contribution in [0.5, 0.6) is 0 Å². The number of furan rings is 1. The number of amides is 4. The van der Waals surface area contributed by atoms with Crippen LogP contribution >= 0.6 is 0 Å². The summed E-state index contributed by atoms with van der Waals surface area (Å²) in [4.78, 5) is 68.0. The number of hydrogen-bond acceptors (Lipinski definition) is 10. The molecule has 0 bridgehead atoms. The summed E-state index contributed by atoms with van der Waals surface area (Å²) in [5.41, 5.74) is 7.81. The van der Waals surface area contributed by atoms with Crippen molar-refractivity contribution in [1.29, 1.82) is 0 Å². The molecule has 14 nitrogen and oxygen atoms in total. The molecule has 4 aromatic heterocycles. The van der Waals surface area contributed by atoms with Crippen molar-refractivity contribution < 1.29 is 23.5 Å². The first-order valence-corrected chi connectivity index (χ1v) is 19.4. The maximum atomic E-state index is 13.0. The summed E-state index contributed by atoms with van der Waals surface area (Å²) >= 11 is 0. The average Bonchev–Trinajstić information content (AvgIpc) is 3.68. The van der Waals surface area contributed by atoms with E-state index in [0.29, 0.717) is 45.3 Å². The number of nitrogens with one attached hydrogen (secondary N) is 2. The molecule has 7 heterocycles. The molecule has 2 N–H and O–H groups in total. The lowest BCUT2D eigenvalue weighted by atomic mass is 9.89. The van der Waals surface area contributed by atoms with E-state index in [0.717, 1.165) is 73.4 Å². The Hall–Kier alpha value is -6.85. The van der Waals surface area contributed by atoms with E-state index in [1.165, 1.54) is 10.5 Å². The summed E-state index contributed by atoms with van der Waals surface area (Å²) in [6, 6.07) is 16.5. The highest BCUT2D eigenvalue weighted by Crippen LogP contribution is 2.40. The van der Waals surface area contributed by atoms with Gasteiger partial charge in [0.05, 0.1) is 41.0 Å². The molecule has 3 aliphatic heterocycles. The lowest BCUT2D eigenvalue weighted by Crippen LogP contribution is -2.49. The van der Waals surface area contributed by atoms with E-state index in [1.807, 2.05) is 26.2 Å². The number of hydrogen-bond donors (Lipinski definition) is 2. The predicted octanol–water partition coefficient (Wildman–Crippen LogP) is 5.65. The zero-order valence-corrected chi connectivity index (χ0v) is 32.1. The molecule has 58 heavy (non-hydrogen) atoms. The van der Waals surface area contributed by atoms with Gasteiger partial charge in [0.1, 0.15) is 11.3 Å². The third-order valence-electron chi connectivity index (χ3n) is 11.1. The number of imide groups is 1. The molecule has 2 saturated heterocycles. The second-order valence-electron chi connectivity index (χ2n) is 14.8. The van der Waals surface area contributed by atoms with Crippen LogP contribution in [0.25, 0.3) is 33.3 Å². The standard InChI is InChI=1S/C44H40N8O6/c1-26-20-31-36(50(2)43(26)55)21-29(27-13-18-57-19-14-27)22-37(31)51-16-5-7-33-38(51)25-47-41(48-33)28-10-11-34(46-24-28)42(54)45-15-4-6-30-23-32-35(8-3-9-39(32)58-30)52-17-12-40(53)49-44(52)56/h3,8-11,20-25,27H,5,7,12-19H2,1-2H3,(H,45,54)(H,49,53,56). The fourth-order valence-electron chi connectivity index (χ4n) is 8.09. The molecular formula is C44H40N8O6. The van der Waals surface area contributed by atoms with Crippen LogP contribution in [0.1, 0.15) is 64.7 Å². The number of carbonyl (C=O) groups excluding carboxylic acids is 3. The first-order valence-electron chi connectivity index (χ1n) is 19.4.